The van der Waals surface area contributed by atoms with Crippen molar-refractivity contribution in [2.24, 2.45) is 5.92 Å². The summed E-state index contributed by atoms with van der Waals surface area (Å²) in [5.74, 6) is 0.380. The number of rotatable bonds is 9. The molecular formula is C27H27ClFN7. The van der Waals surface area contributed by atoms with E-state index in [-0.39, 0.29) is 5.82 Å². The first-order chi connectivity index (χ1) is 17.9. The number of aromatic nitrogens is 1. The Kier molecular flexibility index (Phi) is 5.73. The molecule has 1 aliphatic heterocycles. The molecule has 3 aliphatic rings. The van der Waals surface area contributed by atoms with Gasteiger partial charge in [0.25, 0.3) is 0 Å². The van der Waals surface area contributed by atoms with Crippen LogP contribution in [0.25, 0.3) is 10.9 Å². The first-order valence-corrected chi connectivity index (χ1v) is 12.6. The number of hydrogen-bond acceptors (Lipinski definition) is 7. The Morgan fingerprint density at radius 2 is 2.06 bits per heavy atom. The van der Waals surface area contributed by atoms with Crippen molar-refractivity contribution in [3.63, 3.8) is 0 Å². The molecule has 2 saturated carbocycles. The summed E-state index contributed by atoms with van der Waals surface area (Å²) in [6.45, 7) is 0.755. The Balaban J connectivity index is 1.40. The zero-order valence-corrected chi connectivity index (χ0v) is 20.4. The third kappa shape index (κ3) is 4.77. The number of nitrogens with one attached hydrogen (secondary N) is 4. The van der Waals surface area contributed by atoms with E-state index in [4.69, 9.17) is 11.6 Å². The van der Waals surface area contributed by atoms with Gasteiger partial charge in [-0.15, -0.1) is 5.53 Å². The Labute approximate surface area is 215 Å². The van der Waals surface area contributed by atoms with Crippen molar-refractivity contribution in [2.45, 2.75) is 44.2 Å². The average molecular weight is 505 g/mol. The zero-order valence-electron chi connectivity index (χ0n) is 20.6. The van der Waals surface area contributed by atoms with E-state index in [2.05, 4.69) is 32.6 Å². The summed E-state index contributed by atoms with van der Waals surface area (Å²) in [6, 6.07) is 10.6. The van der Waals surface area contributed by atoms with Gasteiger partial charge in [-0.2, -0.15) is 5.26 Å². The summed E-state index contributed by atoms with van der Waals surface area (Å²) in [7, 11) is 0. The van der Waals surface area contributed by atoms with Crippen molar-refractivity contribution in [3.8, 4) is 6.07 Å². The lowest BCUT2D eigenvalue weighted by atomic mass is 10.0. The van der Waals surface area contributed by atoms with Gasteiger partial charge in [0, 0.05) is 36.1 Å². The molecule has 0 radical (unpaired) electrons. The lowest BCUT2D eigenvalue weighted by Crippen LogP contribution is -2.38. The first-order valence-electron chi connectivity index (χ1n) is 12.8. The normalized spacial score (nSPS) is 19.2. The van der Waals surface area contributed by atoms with E-state index in [1.54, 1.807) is 24.4 Å². The molecule has 1 aromatic heterocycles. The summed E-state index contributed by atoms with van der Waals surface area (Å²) < 4.78 is 23.3. The second-order valence-electron chi connectivity index (χ2n) is 9.60. The van der Waals surface area contributed by atoms with E-state index in [0.29, 0.717) is 50.2 Å². The lowest BCUT2D eigenvalue weighted by Gasteiger charge is -2.22. The van der Waals surface area contributed by atoms with Gasteiger partial charge in [0.05, 0.1) is 34.9 Å². The molecule has 6 rings (SSSR count). The molecule has 36 heavy (non-hydrogen) atoms. The van der Waals surface area contributed by atoms with Gasteiger partial charge in [-0.25, -0.2) is 4.39 Å². The van der Waals surface area contributed by atoms with Crippen LogP contribution in [0.2, 0.25) is 5.02 Å². The smallest absolute Gasteiger partial charge is 0.123 e. The van der Waals surface area contributed by atoms with Crippen LogP contribution in [0.5, 0.6) is 0 Å². The maximum Gasteiger partial charge on any atom is 0.123 e. The maximum absolute atomic E-state index is 13.8. The highest BCUT2D eigenvalue weighted by Gasteiger charge is 2.32. The number of halogens is 2. The number of pyridine rings is 1. The van der Waals surface area contributed by atoms with Crippen LogP contribution in [0.4, 0.5) is 15.8 Å². The maximum atomic E-state index is 13.8. The second kappa shape index (κ2) is 9.49. The highest BCUT2D eigenvalue weighted by atomic mass is 35.5. The van der Waals surface area contributed by atoms with Gasteiger partial charge in [0.15, 0.2) is 0 Å². The van der Waals surface area contributed by atoms with E-state index in [1.807, 2.05) is 17.3 Å². The largest absolute Gasteiger partial charge is 0.383 e. The molecule has 0 bridgehead atoms. The molecular weight excluding hydrogens is 477 g/mol. The van der Waals surface area contributed by atoms with E-state index < -0.39 is 6.02 Å². The summed E-state index contributed by atoms with van der Waals surface area (Å²) in [4.78, 5) is 4.44. The summed E-state index contributed by atoms with van der Waals surface area (Å²) in [5, 5.41) is 19.6. The number of hydrogen-bond donors (Lipinski definition) is 4. The molecule has 7 nitrogen and oxygen atoms in total. The van der Waals surface area contributed by atoms with E-state index in [0.717, 1.165) is 31.7 Å². The van der Waals surface area contributed by atoms with Crippen LogP contribution in [0, 0.1) is 23.1 Å². The highest BCUT2D eigenvalue weighted by molar-refractivity contribution is 6.35. The van der Waals surface area contributed by atoms with Gasteiger partial charge in [-0.1, -0.05) is 36.6 Å². The molecule has 0 spiro atoms. The van der Waals surface area contributed by atoms with Crippen LogP contribution < -0.4 is 21.6 Å². The van der Waals surface area contributed by atoms with Crippen molar-refractivity contribution < 1.29 is 5.76 Å². The van der Waals surface area contributed by atoms with Crippen LogP contribution >= 0.6 is 11.6 Å². The number of nitriles is 1. The average Bonchev–Trinajstić information content (AvgIpc) is 3.84. The molecule has 184 valence electrons. The van der Waals surface area contributed by atoms with Crippen molar-refractivity contribution in [3.05, 3.63) is 76.5 Å². The molecule has 9 heteroatoms. The number of anilines is 2. The topological polar surface area (TPSA) is 88.0 Å². The molecule has 2 aliphatic carbocycles. The van der Waals surface area contributed by atoms with E-state index in [9.17, 15) is 11.0 Å². The molecule has 2 fully saturated rings. The van der Waals surface area contributed by atoms with E-state index in [1.165, 1.54) is 25.0 Å². The van der Waals surface area contributed by atoms with Crippen molar-refractivity contribution in [2.75, 3.05) is 17.2 Å². The highest BCUT2D eigenvalue weighted by Crippen LogP contribution is 2.37. The third-order valence-electron chi connectivity index (χ3n) is 6.80. The summed E-state index contributed by atoms with van der Waals surface area (Å²) in [6.07, 6.45) is 9.15. The Morgan fingerprint density at radius 1 is 1.25 bits per heavy atom. The fraction of sp³-hybridized carbons (Fsp3) is 0.333. The van der Waals surface area contributed by atoms with Crippen molar-refractivity contribution in [1.29, 1.82) is 5.26 Å². The number of fused-ring (bicyclic) bond motifs is 1. The Hall–Kier alpha value is -3.54. The molecule has 4 N–H and O–H groups in total. The van der Waals surface area contributed by atoms with Crippen LogP contribution in [-0.2, 0) is 0 Å². The number of benzene rings is 2. The van der Waals surface area contributed by atoms with Gasteiger partial charge >= 0.3 is 0 Å². The van der Waals surface area contributed by atoms with Crippen LogP contribution in [0.1, 0.15) is 50.6 Å². The zero-order chi connectivity index (χ0) is 25.6. The molecule has 0 amide bonds. The molecule has 2 aromatic carbocycles. The monoisotopic (exact) mass is 504 g/mol. The molecule has 1 unspecified atom stereocenters. The van der Waals surface area contributed by atoms with Crippen LogP contribution in [-0.4, -0.2) is 22.6 Å². The quantitative estimate of drug-likeness (QED) is 0.302. The Bertz CT molecular complexity index is 1420. The summed E-state index contributed by atoms with van der Waals surface area (Å²) in [5.41, 5.74) is 9.64. The molecule has 3 aromatic rings. The molecule has 1 atom stereocenters. The lowest BCUT2D eigenvalue weighted by molar-refractivity contribution is 0.260. The second-order valence-corrected chi connectivity index (χ2v) is 10.0. The number of nitrogens with zero attached hydrogens (tertiary/aromatic N) is 3. The Morgan fingerprint density at radius 3 is 2.78 bits per heavy atom. The minimum atomic E-state index is -1.48. The predicted molar refractivity (Wildman–Crippen MR) is 139 cm³/mol. The standard InChI is InChI=1S/C27H27ClFN7/c28-23-12-20(11-22-25(31-10-9-16-1-2-16)18(13-30)14-32-27(22)23)33-26(17-3-5-19(29)6-4-17)24-15-36(35-34-24)21-7-8-21/h3-6,11-12,14-16,21,26,33-35H,1-2,7-10H2,(H,31,32)/i26D. The van der Waals surface area contributed by atoms with Crippen LogP contribution in [0.3, 0.4) is 0 Å². The van der Waals surface area contributed by atoms with E-state index >= 15 is 0 Å². The molecule has 2 heterocycles. The van der Waals surface area contributed by atoms with Gasteiger partial charge < -0.3 is 16.1 Å². The minimum absolute atomic E-state index is 0.372. The van der Waals surface area contributed by atoms with Gasteiger partial charge in [0.1, 0.15) is 11.9 Å². The SMILES string of the molecule is [2H]C(Nc1cc(Cl)c2ncc(C#N)c(NCCC3CC3)c2c1)(C1=CN(C2CC2)NN1)c1ccc(F)cc1. The molecule has 0 saturated heterocycles. The van der Waals surface area contributed by atoms with Gasteiger partial charge in [-0.3, -0.25) is 9.99 Å². The number of hydrazine groups is 2. The van der Waals surface area contributed by atoms with Gasteiger partial charge in [-0.05, 0) is 55.0 Å². The predicted octanol–water partition coefficient (Wildman–Crippen LogP) is 5.59. The fourth-order valence-electron chi connectivity index (χ4n) is 4.48. The summed E-state index contributed by atoms with van der Waals surface area (Å²) >= 11 is 6.68. The van der Waals surface area contributed by atoms with Crippen LogP contribution in [0.15, 0.2) is 54.5 Å². The van der Waals surface area contributed by atoms with Gasteiger partial charge in [0.2, 0.25) is 0 Å². The first kappa shape index (κ1) is 21.7. The minimum Gasteiger partial charge on any atom is -0.383 e. The fourth-order valence-corrected chi connectivity index (χ4v) is 4.74. The van der Waals surface area contributed by atoms with Crippen molar-refractivity contribution in [1.82, 2.24) is 21.0 Å². The van der Waals surface area contributed by atoms with Crippen molar-refractivity contribution >= 4 is 33.9 Å². The third-order valence-corrected chi connectivity index (χ3v) is 7.08.